The number of aromatic nitrogens is 2. The summed E-state index contributed by atoms with van der Waals surface area (Å²) >= 11 is 3.39. The minimum Gasteiger partial charge on any atom is -0.491 e. The second-order valence-corrected chi connectivity index (χ2v) is 5.29. The number of benzene rings is 1. The number of aliphatic hydroxyl groups excluding tert-OH is 1. The van der Waals surface area contributed by atoms with Crippen molar-refractivity contribution in [1.82, 2.24) is 9.55 Å². The fourth-order valence-corrected chi connectivity index (χ4v) is 2.25. The molecule has 0 aliphatic rings. The highest BCUT2D eigenvalue weighted by molar-refractivity contribution is 9.10. The van der Waals surface area contributed by atoms with Crippen LogP contribution in [0.25, 0.3) is 0 Å². The molecule has 5 heteroatoms. The number of rotatable bonds is 5. The van der Waals surface area contributed by atoms with Gasteiger partial charge in [-0.1, -0.05) is 15.9 Å². The third-order valence-corrected chi connectivity index (χ3v) is 3.43. The molecule has 2 aromatic rings. The Labute approximate surface area is 121 Å². The molecule has 0 aliphatic carbocycles. The van der Waals surface area contributed by atoms with Gasteiger partial charge >= 0.3 is 0 Å². The van der Waals surface area contributed by atoms with Gasteiger partial charge < -0.3 is 14.4 Å². The van der Waals surface area contributed by atoms with Gasteiger partial charge in [0.1, 0.15) is 18.2 Å². The fraction of sp³-hybridized carbons (Fsp3) is 0.357. The molecule has 0 saturated heterocycles. The number of nitrogens with zero attached hydrogens (tertiary/aromatic N) is 2. The first-order chi connectivity index (χ1) is 9.08. The lowest BCUT2D eigenvalue weighted by Crippen LogP contribution is -2.10. The number of halogens is 1. The van der Waals surface area contributed by atoms with Crippen molar-refractivity contribution in [2.45, 2.75) is 26.5 Å². The summed E-state index contributed by atoms with van der Waals surface area (Å²) in [6, 6.07) is 5.65. The van der Waals surface area contributed by atoms with E-state index < -0.39 is 6.10 Å². The molecule has 1 aromatic carbocycles. The van der Waals surface area contributed by atoms with Crippen LogP contribution < -0.4 is 4.74 Å². The fourth-order valence-electron chi connectivity index (χ4n) is 1.87. The quantitative estimate of drug-likeness (QED) is 0.919. The van der Waals surface area contributed by atoms with Crippen molar-refractivity contribution in [2.75, 3.05) is 6.61 Å². The van der Waals surface area contributed by atoms with Gasteiger partial charge in [-0.05, 0) is 32.0 Å². The van der Waals surface area contributed by atoms with Crippen LogP contribution in [0.3, 0.4) is 0 Å². The third-order valence-electron chi connectivity index (χ3n) is 2.94. The van der Waals surface area contributed by atoms with Gasteiger partial charge in [0.25, 0.3) is 0 Å². The van der Waals surface area contributed by atoms with Crippen molar-refractivity contribution in [3.63, 3.8) is 0 Å². The first-order valence-corrected chi connectivity index (χ1v) is 6.95. The van der Waals surface area contributed by atoms with Gasteiger partial charge in [-0.3, -0.25) is 0 Å². The Morgan fingerprint density at radius 1 is 1.47 bits per heavy atom. The molecular weight excluding hydrogens is 308 g/mol. The van der Waals surface area contributed by atoms with Gasteiger partial charge in [-0.15, -0.1) is 0 Å². The van der Waals surface area contributed by atoms with Gasteiger partial charge in [0, 0.05) is 22.4 Å². The average Bonchev–Trinajstić information content (AvgIpc) is 2.77. The first-order valence-electron chi connectivity index (χ1n) is 6.16. The summed E-state index contributed by atoms with van der Waals surface area (Å²) in [5, 5.41) is 9.74. The van der Waals surface area contributed by atoms with E-state index >= 15 is 0 Å². The Kier molecular flexibility index (Phi) is 4.61. The Hall–Kier alpha value is -1.33. The van der Waals surface area contributed by atoms with Crippen LogP contribution in [0.5, 0.6) is 5.75 Å². The molecular formula is C14H17BrN2O2. The highest BCUT2D eigenvalue weighted by atomic mass is 79.9. The molecule has 1 aromatic heterocycles. The molecule has 0 saturated carbocycles. The smallest absolute Gasteiger partial charge is 0.125 e. The van der Waals surface area contributed by atoms with E-state index in [4.69, 9.17) is 4.74 Å². The van der Waals surface area contributed by atoms with E-state index in [2.05, 4.69) is 20.9 Å². The Balaban J connectivity index is 2.01. The molecule has 0 bridgehead atoms. The highest BCUT2D eigenvalue weighted by Gasteiger charge is 2.10. The van der Waals surface area contributed by atoms with Crippen molar-refractivity contribution >= 4 is 15.9 Å². The van der Waals surface area contributed by atoms with Crippen LogP contribution in [-0.2, 0) is 6.54 Å². The Morgan fingerprint density at radius 2 is 2.26 bits per heavy atom. The molecule has 0 radical (unpaired) electrons. The van der Waals surface area contributed by atoms with E-state index in [0.717, 1.165) is 28.2 Å². The second-order valence-electron chi connectivity index (χ2n) is 4.37. The SMILES string of the molecule is Cc1nccn1CCOc1ccc(Br)cc1[C@H](C)O. The standard InChI is InChI=1S/C14H17BrN2O2/c1-10(18)13-9-12(15)3-4-14(13)19-8-7-17-6-5-16-11(17)2/h3-6,9-10,18H,7-8H2,1-2H3/t10-/m0/s1. The maximum absolute atomic E-state index is 9.74. The van der Waals surface area contributed by atoms with Gasteiger partial charge in [0.15, 0.2) is 0 Å². The number of hydrogen-bond acceptors (Lipinski definition) is 3. The van der Waals surface area contributed by atoms with Crippen LogP contribution in [0, 0.1) is 6.92 Å². The molecule has 19 heavy (non-hydrogen) atoms. The third kappa shape index (κ3) is 3.58. The van der Waals surface area contributed by atoms with Gasteiger partial charge in [-0.25, -0.2) is 4.98 Å². The van der Waals surface area contributed by atoms with Gasteiger partial charge in [-0.2, -0.15) is 0 Å². The van der Waals surface area contributed by atoms with Crippen molar-refractivity contribution in [1.29, 1.82) is 0 Å². The number of imidazole rings is 1. The van der Waals surface area contributed by atoms with Crippen molar-refractivity contribution < 1.29 is 9.84 Å². The van der Waals surface area contributed by atoms with E-state index in [9.17, 15) is 5.11 Å². The normalized spacial score (nSPS) is 12.4. The molecule has 1 atom stereocenters. The number of aryl methyl sites for hydroxylation is 1. The molecule has 102 valence electrons. The van der Waals surface area contributed by atoms with Crippen LogP contribution in [0.15, 0.2) is 35.1 Å². The average molecular weight is 325 g/mol. The van der Waals surface area contributed by atoms with Crippen LogP contribution >= 0.6 is 15.9 Å². The molecule has 0 unspecified atom stereocenters. The van der Waals surface area contributed by atoms with Crippen LogP contribution in [-0.4, -0.2) is 21.3 Å². The van der Waals surface area contributed by atoms with Crippen molar-refractivity contribution in [3.8, 4) is 5.75 Å². The highest BCUT2D eigenvalue weighted by Crippen LogP contribution is 2.28. The molecule has 4 nitrogen and oxygen atoms in total. The van der Waals surface area contributed by atoms with Crippen LogP contribution in [0.1, 0.15) is 24.4 Å². The molecule has 0 amide bonds. The predicted molar refractivity (Wildman–Crippen MR) is 77.2 cm³/mol. The zero-order chi connectivity index (χ0) is 13.8. The zero-order valence-electron chi connectivity index (χ0n) is 11.0. The summed E-state index contributed by atoms with van der Waals surface area (Å²) in [5.74, 6) is 1.69. The summed E-state index contributed by atoms with van der Waals surface area (Å²) < 4.78 is 8.71. The summed E-state index contributed by atoms with van der Waals surface area (Å²) in [6.07, 6.45) is 3.15. The predicted octanol–water partition coefficient (Wildman–Crippen LogP) is 3.09. The molecule has 0 aliphatic heterocycles. The maximum Gasteiger partial charge on any atom is 0.125 e. The van der Waals surface area contributed by atoms with Crippen molar-refractivity contribution in [3.05, 3.63) is 46.5 Å². The molecule has 1 N–H and O–H groups in total. The largest absolute Gasteiger partial charge is 0.491 e. The second kappa shape index (κ2) is 6.21. The van der Waals surface area contributed by atoms with E-state index in [1.54, 1.807) is 13.1 Å². The molecule has 2 rings (SSSR count). The Morgan fingerprint density at radius 3 is 2.89 bits per heavy atom. The first kappa shape index (κ1) is 14.1. The van der Waals surface area contributed by atoms with Crippen LogP contribution in [0.2, 0.25) is 0 Å². The summed E-state index contributed by atoms with van der Waals surface area (Å²) in [4.78, 5) is 4.16. The lowest BCUT2D eigenvalue weighted by Gasteiger charge is -2.14. The Bertz CT molecular complexity index is 552. The van der Waals surface area contributed by atoms with E-state index in [0.29, 0.717) is 6.61 Å². The number of aliphatic hydroxyl groups is 1. The van der Waals surface area contributed by atoms with E-state index in [1.165, 1.54) is 0 Å². The lowest BCUT2D eigenvalue weighted by atomic mass is 10.1. The lowest BCUT2D eigenvalue weighted by molar-refractivity contribution is 0.190. The minimum atomic E-state index is -0.553. The summed E-state index contributed by atoms with van der Waals surface area (Å²) in [5.41, 5.74) is 0.789. The summed E-state index contributed by atoms with van der Waals surface area (Å²) in [6.45, 7) is 4.97. The topological polar surface area (TPSA) is 47.3 Å². The molecule has 0 spiro atoms. The monoisotopic (exact) mass is 324 g/mol. The zero-order valence-corrected chi connectivity index (χ0v) is 12.6. The summed E-state index contributed by atoms with van der Waals surface area (Å²) in [7, 11) is 0. The van der Waals surface area contributed by atoms with Gasteiger partial charge in [0.2, 0.25) is 0 Å². The van der Waals surface area contributed by atoms with E-state index in [1.807, 2.05) is 35.9 Å². The molecule has 1 heterocycles. The van der Waals surface area contributed by atoms with E-state index in [-0.39, 0.29) is 0 Å². The number of hydrogen-bond donors (Lipinski definition) is 1. The van der Waals surface area contributed by atoms with Crippen molar-refractivity contribution in [2.24, 2.45) is 0 Å². The molecule has 0 fully saturated rings. The maximum atomic E-state index is 9.74. The number of ether oxygens (including phenoxy) is 1. The minimum absolute atomic E-state index is 0.540. The van der Waals surface area contributed by atoms with Gasteiger partial charge in [0.05, 0.1) is 12.6 Å². The van der Waals surface area contributed by atoms with Crippen LogP contribution in [0.4, 0.5) is 0 Å².